The van der Waals surface area contributed by atoms with Crippen molar-refractivity contribution in [1.29, 1.82) is 0 Å². The van der Waals surface area contributed by atoms with Crippen molar-refractivity contribution < 1.29 is 13.2 Å². The van der Waals surface area contributed by atoms with Gasteiger partial charge in [-0.2, -0.15) is 0 Å². The second-order valence-corrected chi connectivity index (χ2v) is 8.40. The number of amides is 1. The second kappa shape index (κ2) is 5.66. The monoisotopic (exact) mass is 356 g/mol. The van der Waals surface area contributed by atoms with Crippen LogP contribution >= 0.6 is 22.9 Å². The van der Waals surface area contributed by atoms with Gasteiger partial charge in [-0.1, -0.05) is 23.7 Å². The van der Waals surface area contributed by atoms with Crippen LogP contribution in [0.15, 0.2) is 34.5 Å². The molecule has 1 aliphatic heterocycles. The summed E-state index contributed by atoms with van der Waals surface area (Å²) in [6.45, 7) is 2.12. The Morgan fingerprint density at radius 3 is 2.68 bits per heavy atom. The first kappa shape index (κ1) is 15.5. The number of sulfonamides is 1. The van der Waals surface area contributed by atoms with E-state index in [0.29, 0.717) is 22.0 Å². The van der Waals surface area contributed by atoms with Gasteiger partial charge in [-0.15, -0.1) is 11.3 Å². The molecule has 0 radical (unpaired) electrons. The summed E-state index contributed by atoms with van der Waals surface area (Å²) in [6.07, 6.45) is 0. The van der Waals surface area contributed by atoms with Crippen molar-refractivity contribution in [2.75, 3.05) is 0 Å². The van der Waals surface area contributed by atoms with Crippen LogP contribution < -0.4 is 10.0 Å². The molecule has 8 heteroatoms. The van der Waals surface area contributed by atoms with Crippen molar-refractivity contribution >= 4 is 38.9 Å². The van der Waals surface area contributed by atoms with E-state index in [-0.39, 0.29) is 16.2 Å². The van der Waals surface area contributed by atoms with Gasteiger partial charge in [-0.25, -0.2) is 13.1 Å². The summed E-state index contributed by atoms with van der Waals surface area (Å²) in [6, 6.07) is 8.50. The first-order valence-corrected chi connectivity index (χ1v) is 9.23. The van der Waals surface area contributed by atoms with Crippen LogP contribution in [-0.2, 0) is 16.6 Å². The molecule has 2 N–H and O–H groups in total. The number of nitrogens with one attached hydrogen (secondary N) is 2. The SMILES string of the molecule is C[C@@H]1NS(=O)(=O)c2sc(C(=O)NCc3ccc(Cl)cc3)cc21. The Bertz CT molecular complexity index is 828. The molecule has 1 aromatic carbocycles. The number of thiophene rings is 1. The highest BCUT2D eigenvalue weighted by Gasteiger charge is 2.34. The largest absolute Gasteiger partial charge is 0.347 e. The number of halogens is 1. The maximum Gasteiger partial charge on any atom is 0.261 e. The summed E-state index contributed by atoms with van der Waals surface area (Å²) in [4.78, 5) is 12.6. The number of hydrogen-bond donors (Lipinski definition) is 2. The minimum absolute atomic E-state index is 0.233. The van der Waals surface area contributed by atoms with Gasteiger partial charge in [0.25, 0.3) is 15.9 Å². The molecular formula is C14H13ClN2O3S2. The number of rotatable bonds is 3. The second-order valence-electron chi connectivity index (χ2n) is 5.01. The van der Waals surface area contributed by atoms with E-state index >= 15 is 0 Å². The first-order chi connectivity index (χ1) is 10.4. The fourth-order valence-electron chi connectivity index (χ4n) is 2.23. The molecule has 0 bridgehead atoms. The number of benzene rings is 1. The topological polar surface area (TPSA) is 75.3 Å². The molecule has 0 unspecified atom stereocenters. The smallest absolute Gasteiger partial charge is 0.261 e. The molecule has 1 aromatic heterocycles. The fourth-order valence-corrected chi connectivity index (χ4v) is 5.36. The van der Waals surface area contributed by atoms with Crippen molar-refractivity contribution in [2.45, 2.75) is 23.7 Å². The molecule has 0 saturated carbocycles. The van der Waals surface area contributed by atoms with Crippen molar-refractivity contribution in [1.82, 2.24) is 10.0 Å². The van der Waals surface area contributed by atoms with Crippen LogP contribution in [0.4, 0.5) is 0 Å². The van der Waals surface area contributed by atoms with Crippen molar-refractivity contribution in [2.24, 2.45) is 0 Å². The van der Waals surface area contributed by atoms with E-state index in [9.17, 15) is 13.2 Å². The van der Waals surface area contributed by atoms with Gasteiger partial charge in [-0.3, -0.25) is 4.79 Å². The van der Waals surface area contributed by atoms with Gasteiger partial charge in [0.2, 0.25) is 0 Å². The molecule has 5 nitrogen and oxygen atoms in total. The highest BCUT2D eigenvalue weighted by atomic mass is 35.5. The lowest BCUT2D eigenvalue weighted by atomic mass is 10.2. The third-order valence-corrected chi connectivity index (χ3v) is 6.85. The van der Waals surface area contributed by atoms with Crippen LogP contribution in [0.2, 0.25) is 5.02 Å². The maximum atomic E-state index is 12.2. The summed E-state index contributed by atoms with van der Waals surface area (Å²) in [7, 11) is -3.47. The van der Waals surface area contributed by atoms with E-state index in [2.05, 4.69) is 10.0 Å². The molecular weight excluding hydrogens is 344 g/mol. The van der Waals surface area contributed by atoms with Crippen LogP contribution in [0.25, 0.3) is 0 Å². The first-order valence-electron chi connectivity index (χ1n) is 6.55. The highest BCUT2D eigenvalue weighted by Crippen LogP contribution is 2.37. The van der Waals surface area contributed by atoms with Gasteiger partial charge >= 0.3 is 0 Å². The summed E-state index contributed by atoms with van der Waals surface area (Å²) < 4.78 is 26.5. The Morgan fingerprint density at radius 2 is 2.05 bits per heavy atom. The number of fused-ring (bicyclic) bond motifs is 1. The fraction of sp³-hybridized carbons (Fsp3) is 0.214. The van der Waals surface area contributed by atoms with Crippen LogP contribution in [-0.4, -0.2) is 14.3 Å². The molecule has 0 aliphatic carbocycles. The summed E-state index contributed by atoms with van der Waals surface area (Å²) in [5, 5.41) is 3.41. The Balaban J connectivity index is 1.74. The average molecular weight is 357 g/mol. The maximum absolute atomic E-state index is 12.2. The van der Waals surface area contributed by atoms with Crippen molar-refractivity contribution in [3.63, 3.8) is 0 Å². The van der Waals surface area contributed by atoms with Crippen LogP contribution in [0.5, 0.6) is 0 Å². The number of carbonyl (C=O) groups is 1. The Morgan fingerprint density at radius 1 is 1.36 bits per heavy atom. The van der Waals surface area contributed by atoms with E-state index in [0.717, 1.165) is 16.9 Å². The molecule has 1 aliphatic rings. The number of carbonyl (C=O) groups excluding carboxylic acids is 1. The molecule has 116 valence electrons. The van der Waals surface area contributed by atoms with Gasteiger partial charge in [0, 0.05) is 23.2 Å². The lowest BCUT2D eigenvalue weighted by Crippen LogP contribution is -2.22. The molecule has 2 aromatic rings. The third-order valence-electron chi connectivity index (χ3n) is 3.36. The Labute approximate surface area is 137 Å². The van der Waals surface area contributed by atoms with Gasteiger partial charge in [-0.05, 0) is 30.7 Å². The standard InChI is InChI=1S/C14H13ClN2O3S2/c1-8-11-6-12(21-14(11)22(19,20)17-8)13(18)16-7-9-2-4-10(15)5-3-9/h2-6,8,17H,7H2,1H3,(H,16,18)/t8-/m0/s1. The summed E-state index contributed by atoms with van der Waals surface area (Å²) in [5.41, 5.74) is 1.58. The van der Waals surface area contributed by atoms with Crippen molar-refractivity contribution in [3.8, 4) is 0 Å². The van der Waals surface area contributed by atoms with E-state index in [4.69, 9.17) is 11.6 Å². The molecule has 2 heterocycles. The predicted octanol–water partition coefficient (Wildman–Crippen LogP) is 2.68. The number of hydrogen-bond acceptors (Lipinski definition) is 4. The molecule has 1 amide bonds. The molecule has 0 fully saturated rings. The molecule has 22 heavy (non-hydrogen) atoms. The Kier molecular flexibility index (Phi) is 3.98. The minimum atomic E-state index is -3.47. The van der Waals surface area contributed by atoms with E-state index in [1.54, 1.807) is 25.1 Å². The molecule has 3 rings (SSSR count). The van der Waals surface area contributed by atoms with Crippen LogP contribution in [0.1, 0.15) is 33.8 Å². The van der Waals surface area contributed by atoms with Gasteiger partial charge < -0.3 is 5.32 Å². The highest BCUT2D eigenvalue weighted by molar-refractivity contribution is 7.92. The zero-order valence-corrected chi connectivity index (χ0v) is 14.0. The van der Waals surface area contributed by atoms with E-state index in [1.807, 2.05) is 12.1 Å². The normalized spacial score (nSPS) is 18.9. The lowest BCUT2D eigenvalue weighted by Gasteiger charge is -2.05. The van der Waals surface area contributed by atoms with Crippen molar-refractivity contribution in [3.05, 3.63) is 51.4 Å². The van der Waals surface area contributed by atoms with Crippen LogP contribution in [0, 0.1) is 0 Å². The molecule has 0 spiro atoms. The van der Waals surface area contributed by atoms with Gasteiger partial charge in [0.1, 0.15) is 4.21 Å². The summed E-state index contributed by atoms with van der Waals surface area (Å²) in [5.74, 6) is -0.281. The minimum Gasteiger partial charge on any atom is -0.347 e. The average Bonchev–Trinajstić information content (AvgIpc) is 2.99. The summed E-state index contributed by atoms with van der Waals surface area (Å²) >= 11 is 6.80. The lowest BCUT2D eigenvalue weighted by molar-refractivity contribution is 0.0955. The zero-order chi connectivity index (χ0) is 15.9. The molecule has 0 saturated heterocycles. The quantitative estimate of drug-likeness (QED) is 0.887. The third kappa shape index (κ3) is 2.89. The molecule has 1 atom stereocenters. The van der Waals surface area contributed by atoms with E-state index in [1.165, 1.54) is 0 Å². The predicted molar refractivity (Wildman–Crippen MR) is 85.7 cm³/mol. The van der Waals surface area contributed by atoms with E-state index < -0.39 is 10.0 Å². The van der Waals surface area contributed by atoms with Gasteiger partial charge in [0.05, 0.1) is 4.88 Å². The van der Waals surface area contributed by atoms with Gasteiger partial charge in [0.15, 0.2) is 0 Å². The van der Waals surface area contributed by atoms with Crippen LogP contribution in [0.3, 0.4) is 0 Å². The Hall–Kier alpha value is -1.41. The zero-order valence-electron chi connectivity index (χ0n) is 11.6.